The van der Waals surface area contributed by atoms with E-state index >= 15 is 0 Å². The quantitative estimate of drug-likeness (QED) is 0.301. The number of aromatic nitrogens is 7. The van der Waals surface area contributed by atoms with Crippen molar-refractivity contribution >= 4 is 0 Å². The van der Waals surface area contributed by atoms with Crippen LogP contribution in [0.15, 0.2) is 77.9 Å². The lowest BCUT2D eigenvalue weighted by molar-refractivity contribution is 0.620. The van der Waals surface area contributed by atoms with Crippen LogP contribution in [0.3, 0.4) is 0 Å². The number of aryl methyl sites for hydroxylation is 1. The van der Waals surface area contributed by atoms with Crippen molar-refractivity contribution in [2.75, 3.05) is 0 Å². The smallest absolute Gasteiger partial charge is 0.296 e. The molecular weight excluding hydrogens is 462 g/mol. The highest BCUT2D eigenvalue weighted by atomic mass is 16.1. The molecule has 0 atom stereocenters. The molecule has 0 spiro atoms. The van der Waals surface area contributed by atoms with Crippen LogP contribution in [0.4, 0.5) is 0 Å². The number of unbranched alkanes of at least 4 members (excludes halogenated alkanes) is 1. The molecule has 0 saturated carbocycles. The topological polar surface area (TPSA) is 94.3 Å². The standard InChI is InChI=1S/C29H31N7O/c1-3-4-10-27-21(2)35(18-16-22-8-6-5-7-9-22)29(37)36(27)20-23-11-13-24(14-12-23)26-19-30-17-15-25(26)28-31-33-34-32-28/h5-9,11-15,17,19H,3-4,10,16,18,20H2,1-2H3,(H,31,32,33,34). The minimum absolute atomic E-state index is 0.0657. The number of imidazole rings is 1. The van der Waals surface area contributed by atoms with Gasteiger partial charge in [0.2, 0.25) is 0 Å². The third-order valence-corrected chi connectivity index (χ3v) is 6.87. The van der Waals surface area contributed by atoms with E-state index in [1.165, 1.54) is 5.56 Å². The highest BCUT2D eigenvalue weighted by Crippen LogP contribution is 2.29. The first-order valence-corrected chi connectivity index (χ1v) is 12.8. The molecule has 0 unspecified atom stereocenters. The molecule has 5 aromatic rings. The van der Waals surface area contributed by atoms with Crippen molar-refractivity contribution in [1.29, 1.82) is 0 Å². The molecule has 5 rings (SSSR count). The number of rotatable bonds is 10. The molecule has 0 fully saturated rings. The van der Waals surface area contributed by atoms with Gasteiger partial charge in [0.15, 0.2) is 5.82 Å². The minimum Gasteiger partial charge on any atom is -0.296 e. The van der Waals surface area contributed by atoms with Gasteiger partial charge in [-0.05, 0) is 59.4 Å². The average molecular weight is 494 g/mol. The van der Waals surface area contributed by atoms with E-state index in [0.29, 0.717) is 18.9 Å². The van der Waals surface area contributed by atoms with Crippen molar-refractivity contribution in [3.8, 4) is 22.5 Å². The van der Waals surface area contributed by atoms with E-state index in [-0.39, 0.29) is 5.69 Å². The molecule has 0 aliphatic carbocycles. The third kappa shape index (κ3) is 5.28. The Morgan fingerprint density at radius 1 is 0.892 bits per heavy atom. The molecule has 0 saturated heterocycles. The van der Waals surface area contributed by atoms with E-state index in [9.17, 15) is 4.79 Å². The molecule has 2 aromatic carbocycles. The van der Waals surface area contributed by atoms with Crippen molar-refractivity contribution in [2.45, 2.75) is 52.6 Å². The van der Waals surface area contributed by atoms with Crippen LogP contribution in [-0.2, 0) is 25.9 Å². The molecule has 37 heavy (non-hydrogen) atoms. The van der Waals surface area contributed by atoms with Crippen molar-refractivity contribution in [1.82, 2.24) is 34.7 Å². The fraction of sp³-hybridized carbons (Fsp3) is 0.276. The van der Waals surface area contributed by atoms with Crippen LogP contribution in [0, 0.1) is 6.92 Å². The molecule has 8 heteroatoms. The van der Waals surface area contributed by atoms with Gasteiger partial charge in [-0.2, -0.15) is 0 Å². The van der Waals surface area contributed by atoms with Gasteiger partial charge >= 0.3 is 5.69 Å². The van der Waals surface area contributed by atoms with Crippen LogP contribution >= 0.6 is 0 Å². The number of tetrazole rings is 1. The predicted octanol–water partition coefficient (Wildman–Crippen LogP) is 4.83. The second kappa shape index (κ2) is 11.2. The Kier molecular flexibility index (Phi) is 7.35. The molecule has 0 radical (unpaired) electrons. The average Bonchev–Trinajstić information content (AvgIpc) is 3.55. The molecule has 1 N–H and O–H groups in total. The monoisotopic (exact) mass is 493 g/mol. The van der Waals surface area contributed by atoms with Crippen LogP contribution in [0.2, 0.25) is 0 Å². The highest BCUT2D eigenvalue weighted by Gasteiger charge is 2.17. The van der Waals surface area contributed by atoms with Crippen LogP contribution in [0.5, 0.6) is 0 Å². The fourth-order valence-electron chi connectivity index (χ4n) is 4.80. The molecule has 0 bridgehead atoms. The zero-order valence-electron chi connectivity index (χ0n) is 21.3. The Balaban J connectivity index is 1.42. The minimum atomic E-state index is 0.0657. The number of H-pyrrole nitrogens is 1. The first-order valence-electron chi connectivity index (χ1n) is 12.8. The number of hydrogen-bond acceptors (Lipinski definition) is 5. The Bertz CT molecular complexity index is 1500. The third-order valence-electron chi connectivity index (χ3n) is 6.87. The van der Waals surface area contributed by atoms with E-state index in [1.54, 1.807) is 6.20 Å². The zero-order chi connectivity index (χ0) is 25.6. The fourth-order valence-corrected chi connectivity index (χ4v) is 4.80. The van der Waals surface area contributed by atoms with Gasteiger partial charge in [0.25, 0.3) is 0 Å². The second-order valence-electron chi connectivity index (χ2n) is 9.26. The van der Waals surface area contributed by atoms with Crippen molar-refractivity contribution in [3.63, 3.8) is 0 Å². The van der Waals surface area contributed by atoms with Crippen LogP contribution in [-0.4, -0.2) is 34.7 Å². The molecule has 3 aromatic heterocycles. The van der Waals surface area contributed by atoms with E-state index in [4.69, 9.17) is 0 Å². The molecule has 0 amide bonds. The Labute approximate surface area is 216 Å². The van der Waals surface area contributed by atoms with Crippen molar-refractivity contribution in [2.24, 2.45) is 0 Å². The lowest BCUT2D eigenvalue weighted by Crippen LogP contribution is -2.26. The summed E-state index contributed by atoms with van der Waals surface area (Å²) >= 11 is 0. The summed E-state index contributed by atoms with van der Waals surface area (Å²) in [5, 5.41) is 14.3. The van der Waals surface area contributed by atoms with E-state index in [1.807, 2.05) is 39.6 Å². The number of nitrogens with zero attached hydrogens (tertiary/aromatic N) is 6. The Hall–Kier alpha value is -4.33. The summed E-state index contributed by atoms with van der Waals surface area (Å²) in [6.07, 6.45) is 7.43. The normalized spacial score (nSPS) is 11.2. The van der Waals surface area contributed by atoms with Gasteiger partial charge in [-0.15, -0.1) is 5.10 Å². The molecule has 0 aliphatic heterocycles. The number of nitrogens with one attached hydrogen (secondary N) is 1. The van der Waals surface area contributed by atoms with Gasteiger partial charge in [0, 0.05) is 41.5 Å². The van der Waals surface area contributed by atoms with E-state index in [2.05, 4.69) is 75.9 Å². The second-order valence-corrected chi connectivity index (χ2v) is 9.26. The van der Waals surface area contributed by atoms with Crippen LogP contribution < -0.4 is 5.69 Å². The van der Waals surface area contributed by atoms with Gasteiger partial charge in [0.1, 0.15) is 0 Å². The zero-order valence-corrected chi connectivity index (χ0v) is 21.3. The number of pyridine rings is 1. The number of hydrogen-bond donors (Lipinski definition) is 1. The van der Waals surface area contributed by atoms with Gasteiger partial charge in [-0.1, -0.05) is 67.9 Å². The van der Waals surface area contributed by atoms with Gasteiger partial charge in [0.05, 0.1) is 6.54 Å². The Morgan fingerprint density at radius 3 is 2.43 bits per heavy atom. The van der Waals surface area contributed by atoms with E-state index in [0.717, 1.165) is 59.3 Å². The Morgan fingerprint density at radius 2 is 1.70 bits per heavy atom. The molecule has 3 heterocycles. The predicted molar refractivity (Wildman–Crippen MR) is 144 cm³/mol. The number of benzene rings is 2. The number of aromatic amines is 1. The first kappa shape index (κ1) is 24.4. The van der Waals surface area contributed by atoms with Crippen LogP contribution in [0.25, 0.3) is 22.5 Å². The summed E-state index contributed by atoms with van der Waals surface area (Å²) < 4.78 is 3.90. The largest absolute Gasteiger partial charge is 0.328 e. The highest BCUT2D eigenvalue weighted by molar-refractivity contribution is 5.79. The summed E-state index contributed by atoms with van der Waals surface area (Å²) in [4.78, 5) is 17.9. The summed E-state index contributed by atoms with van der Waals surface area (Å²) in [6, 6.07) is 20.5. The lowest BCUT2D eigenvalue weighted by Gasteiger charge is -2.10. The maximum atomic E-state index is 13.6. The summed E-state index contributed by atoms with van der Waals surface area (Å²) in [7, 11) is 0. The molecule has 188 valence electrons. The van der Waals surface area contributed by atoms with Crippen LogP contribution in [0.1, 0.15) is 42.3 Å². The van der Waals surface area contributed by atoms with E-state index < -0.39 is 0 Å². The SMILES string of the molecule is CCCCc1c(C)n(CCc2ccccc2)c(=O)n1Cc1ccc(-c2cnccc2-c2nnn[nH]2)cc1. The van der Waals surface area contributed by atoms with Gasteiger partial charge in [-0.3, -0.25) is 14.1 Å². The molecular formula is C29H31N7O. The lowest BCUT2D eigenvalue weighted by atomic mass is 10.0. The molecule has 8 nitrogen and oxygen atoms in total. The maximum Gasteiger partial charge on any atom is 0.328 e. The first-order chi connectivity index (χ1) is 18.2. The summed E-state index contributed by atoms with van der Waals surface area (Å²) in [5.74, 6) is 0.598. The van der Waals surface area contributed by atoms with Crippen molar-refractivity contribution < 1.29 is 0 Å². The summed E-state index contributed by atoms with van der Waals surface area (Å²) in [5.41, 5.74) is 7.43. The summed E-state index contributed by atoms with van der Waals surface area (Å²) in [6.45, 7) is 5.49. The van der Waals surface area contributed by atoms with Gasteiger partial charge < -0.3 is 0 Å². The molecule has 0 aliphatic rings. The van der Waals surface area contributed by atoms with Gasteiger partial charge in [-0.25, -0.2) is 9.89 Å². The maximum absolute atomic E-state index is 13.6. The van der Waals surface area contributed by atoms with Crippen molar-refractivity contribution in [3.05, 3.63) is 106 Å².